The minimum atomic E-state index is -3.38. The molecule has 140 valence electrons. The van der Waals surface area contributed by atoms with Crippen LogP contribution in [0.1, 0.15) is 38.2 Å². The normalized spacial score (nSPS) is 18.4. The van der Waals surface area contributed by atoms with E-state index in [0.717, 1.165) is 17.5 Å². The summed E-state index contributed by atoms with van der Waals surface area (Å²) in [6.07, 6.45) is 2.37. The summed E-state index contributed by atoms with van der Waals surface area (Å²) in [7, 11) is -3.38. The van der Waals surface area contributed by atoms with Gasteiger partial charge in [-0.25, -0.2) is 13.4 Å². The predicted molar refractivity (Wildman–Crippen MR) is 105 cm³/mol. The Morgan fingerprint density at radius 1 is 1.31 bits per heavy atom. The number of anilines is 1. The van der Waals surface area contributed by atoms with Crippen molar-refractivity contribution in [3.63, 3.8) is 0 Å². The average molecular weight is 394 g/mol. The average Bonchev–Trinajstić information content (AvgIpc) is 3.23. The molecule has 0 radical (unpaired) electrons. The minimum Gasteiger partial charge on any atom is -0.301 e. The first kappa shape index (κ1) is 19.0. The van der Waals surface area contributed by atoms with Crippen LogP contribution in [0.15, 0.2) is 29.6 Å². The molecule has 1 atom stereocenters. The van der Waals surface area contributed by atoms with Crippen LogP contribution in [0.5, 0.6) is 0 Å². The molecule has 2 heterocycles. The second-order valence-electron chi connectivity index (χ2n) is 6.84. The van der Waals surface area contributed by atoms with Crippen molar-refractivity contribution in [2.45, 2.75) is 38.6 Å². The van der Waals surface area contributed by atoms with Crippen LogP contribution in [-0.4, -0.2) is 42.5 Å². The largest absolute Gasteiger partial charge is 0.301 e. The molecule has 1 saturated heterocycles. The maximum absolute atomic E-state index is 12.5. The molecule has 1 fully saturated rings. The van der Waals surface area contributed by atoms with E-state index in [0.29, 0.717) is 30.4 Å². The first-order chi connectivity index (χ1) is 12.3. The number of thiazole rings is 1. The molecule has 1 aliphatic heterocycles. The monoisotopic (exact) mass is 393 g/mol. The lowest BCUT2D eigenvalue weighted by molar-refractivity contribution is -0.119. The van der Waals surface area contributed by atoms with Gasteiger partial charge in [0.05, 0.1) is 11.9 Å². The number of carbonyl (C=O) groups is 1. The molecule has 0 aliphatic carbocycles. The van der Waals surface area contributed by atoms with Gasteiger partial charge in [-0.2, -0.15) is 4.31 Å². The number of carbonyl (C=O) groups excluding carboxylic acids is 1. The maximum atomic E-state index is 12.5. The first-order valence-electron chi connectivity index (χ1n) is 8.59. The Hall–Kier alpha value is -1.77. The molecule has 0 unspecified atom stereocenters. The van der Waals surface area contributed by atoms with Gasteiger partial charge in [0.25, 0.3) is 0 Å². The summed E-state index contributed by atoms with van der Waals surface area (Å²) in [5.41, 5.74) is 3.05. The third-order valence-corrected chi connectivity index (χ3v) is 6.59. The van der Waals surface area contributed by atoms with E-state index in [4.69, 9.17) is 0 Å². The molecule has 2 aromatic rings. The summed E-state index contributed by atoms with van der Waals surface area (Å²) in [5, 5.41) is 5.14. The molecule has 26 heavy (non-hydrogen) atoms. The maximum Gasteiger partial charge on any atom is 0.244 e. The van der Waals surface area contributed by atoms with Crippen LogP contribution in [0.3, 0.4) is 0 Å². The van der Waals surface area contributed by atoms with Crippen molar-refractivity contribution < 1.29 is 13.2 Å². The molecule has 3 rings (SSSR count). The number of aromatic nitrogens is 1. The molecule has 1 aromatic heterocycles. The molecule has 0 saturated carbocycles. The van der Waals surface area contributed by atoms with Crippen molar-refractivity contribution in [3.8, 4) is 11.3 Å². The van der Waals surface area contributed by atoms with Crippen molar-refractivity contribution in [1.29, 1.82) is 0 Å². The van der Waals surface area contributed by atoms with Gasteiger partial charge in [-0.1, -0.05) is 38.1 Å². The van der Waals surface area contributed by atoms with E-state index in [9.17, 15) is 13.2 Å². The molecule has 0 spiro atoms. The lowest BCUT2D eigenvalue weighted by Crippen LogP contribution is -2.42. The zero-order valence-corrected chi connectivity index (χ0v) is 16.7. The van der Waals surface area contributed by atoms with Gasteiger partial charge in [-0.3, -0.25) is 4.79 Å². The number of sulfonamides is 1. The smallest absolute Gasteiger partial charge is 0.244 e. The van der Waals surface area contributed by atoms with E-state index in [1.54, 1.807) is 0 Å². The summed E-state index contributed by atoms with van der Waals surface area (Å²) in [6, 6.07) is 7.57. The zero-order valence-electron chi connectivity index (χ0n) is 15.1. The molecule has 0 bridgehead atoms. The van der Waals surface area contributed by atoms with Crippen molar-refractivity contribution >= 4 is 32.4 Å². The standard InChI is InChI=1S/C18H23N3O3S2/c1-12(2)13-6-8-14(9-7-13)15-11-25-18(19-15)20-17(22)16-5-4-10-21(16)26(3,23)24/h6-9,11-12,16H,4-5,10H2,1-3H3,(H,19,20,22)/t16-/m0/s1. The summed E-state index contributed by atoms with van der Waals surface area (Å²) < 4.78 is 24.9. The molecular formula is C18H23N3O3S2. The number of nitrogens with one attached hydrogen (secondary N) is 1. The van der Waals surface area contributed by atoms with Crippen molar-refractivity contribution in [1.82, 2.24) is 9.29 Å². The second kappa shape index (κ2) is 7.46. The Balaban J connectivity index is 1.71. The van der Waals surface area contributed by atoms with Gasteiger partial charge in [0, 0.05) is 17.5 Å². The fourth-order valence-corrected chi connectivity index (χ4v) is 4.94. The molecule has 1 aliphatic rings. The number of hydrogen-bond donors (Lipinski definition) is 1. The molecule has 8 heteroatoms. The molecule has 1 amide bonds. The molecular weight excluding hydrogens is 370 g/mol. The van der Waals surface area contributed by atoms with Gasteiger partial charge in [-0.15, -0.1) is 11.3 Å². The van der Waals surface area contributed by atoms with E-state index in [1.165, 1.54) is 21.2 Å². The van der Waals surface area contributed by atoms with E-state index < -0.39 is 16.1 Å². The summed E-state index contributed by atoms with van der Waals surface area (Å²) in [6.45, 7) is 4.69. The Morgan fingerprint density at radius 2 is 2.00 bits per heavy atom. The molecule has 1 N–H and O–H groups in total. The van der Waals surface area contributed by atoms with Crippen molar-refractivity contribution in [2.75, 3.05) is 18.1 Å². The summed E-state index contributed by atoms with van der Waals surface area (Å²) >= 11 is 1.34. The third kappa shape index (κ3) is 4.13. The van der Waals surface area contributed by atoms with E-state index in [2.05, 4.69) is 36.3 Å². The molecule has 6 nitrogen and oxygen atoms in total. The molecule has 1 aromatic carbocycles. The topological polar surface area (TPSA) is 79.4 Å². The highest BCUT2D eigenvalue weighted by Gasteiger charge is 2.36. The quantitative estimate of drug-likeness (QED) is 0.845. The lowest BCUT2D eigenvalue weighted by atomic mass is 10.0. The first-order valence-corrected chi connectivity index (χ1v) is 11.3. The second-order valence-corrected chi connectivity index (χ2v) is 9.63. The predicted octanol–water partition coefficient (Wildman–Crippen LogP) is 3.30. The van der Waals surface area contributed by atoms with Crippen LogP contribution in [0.2, 0.25) is 0 Å². The number of hydrogen-bond acceptors (Lipinski definition) is 5. The third-order valence-electron chi connectivity index (χ3n) is 4.54. The summed E-state index contributed by atoms with van der Waals surface area (Å²) in [5.74, 6) is 0.155. The van der Waals surface area contributed by atoms with E-state index in [1.807, 2.05) is 17.5 Å². The fourth-order valence-electron chi connectivity index (χ4n) is 3.09. The summed E-state index contributed by atoms with van der Waals surface area (Å²) in [4.78, 5) is 17.0. The van der Waals surface area contributed by atoms with Crippen LogP contribution in [0.25, 0.3) is 11.3 Å². The van der Waals surface area contributed by atoms with Gasteiger partial charge in [0.15, 0.2) is 5.13 Å². The highest BCUT2D eigenvalue weighted by atomic mass is 32.2. The fraction of sp³-hybridized carbons (Fsp3) is 0.444. The SMILES string of the molecule is CC(C)c1ccc(-c2csc(NC(=O)[C@@H]3CCCN3S(C)(=O)=O)n2)cc1. The number of rotatable bonds is 5. The van der Waals surface area contributed by atoms with Crippen LogP contribution < -0.4 is 5.32 Å². The minimum absolute atomic E-state index is 0.316. The highest BCUT2D eigenvalue weighted by molar-refractivity contribution is 7.88. The van der Waals surface area contributed by atoms with Crippen molar-refractivity contribution in [2.24, 2.45) is 0 Å². The van der Waals surface area contributed by atoms with Crippen molar-refractivity contribution in [3.05, 3.63) is 35.2 Å². The zero-order chi connectivity index (χ0) is 18.9. The van der Waals surface area contributed by atoms with Gasteiger partial charge >= 0.3 is 0 Å². The van der Waals surface area contributed by atoms with E-state index in [-0.39, 0.29) is 5.91 Å². The number of benzene rings is 1. The lowest BCUT2D eigenvalue weighted by Gasteiger charge is -2.20. The van der Waals surface area contributed by atoms with Gasteiger partial charge < -0.3 is 5.32 Å². The Morgan fingerprint density at radius 3 is 2.62 bits per heavy atom. The number of nitrogens with zero attached hydrogens (tertiary/aromatic N) is 2. The van der Waals surface area contributed by atoms with Gasteiger partial charge in [-0.05, 0) is 24.3 Å². The van der Waals surface area contributed by atoms with Gasteiger partial charge in [0.2, 0.25) is 15.9 Å². The Bertz CT molecular complexity index is 889. The Labute approximate surface area is 158 Å². The Kier molecular flexibility index (Phi) is 5.45. The van der Waals surface area contributed by atoms with Crippen LogP contribution in [0, 0.1) is 0 Å². The van der Waals surface area contributed by atoms with Crippen LogP contribution >= 0.6 is 11.3 Å². The number of amides is 1. The van der Waals surface area contributed by atoms with Gasteiger partial charge in [0.1, 0.15) is 6.04 Å². The van der Waals surface area contributed by atoms with Crippen LogP contribution in [0.4, 0.5) is 5.13 Å². The highest BCUT2D eigenvalue weighted by Crippen LogP contribution is 2.28. The van der Waals surface area contributed by atoms with Crippen LogP contribution in [-0.2, 0) is 14.8 Å². The van der Waals surface area contributed by atoms with E-state index >= 15 is 0 Å².